The SMILES string of the molecule is C=N/C(=N\C1=C(C)N(C)C(=O)CCN1C1CCCC1)Nc1ccc(C(=O)NCCN2CC3CCC(C2)O3)cc1OC. The van der Waals surface area contributed by atoms with Gasteiger partial charge in [0, 0.05) is 57.8 Å². The molecule has 2 saturated heterocycles. The third-order valence-electron chi connectivity index (χ3n) is 8.71. The van der Waals surface area contributed by atoms with E-state index < -0.39 is 0 Å². The number of ether oxygens (including phenoxy) is 2. The molecular formula is C30H43N7O4. The molecule has 1 aromatic rings. The lowest BCUT2D eigenvalue weighted by molar-refractivity contribution is -0.127. The number of rotatable bonds is 8. The summed E-state index contributed by atoms with van der Waals surface area (Å²) in [5, 5.41) is 6.25. The Kier molecular flexibility index (Phi) is 9.24. The normalized spacial score (nSPS) is 24.1. The molecule has 1 aliphatic carbocycles. The number of hydrogen-bond donors (Lipinski definition) is 2. The Bertz CT molecular complexity index is 1200. The van der Waals surface area contributed by atoms with Crippen LogP contribution < -0.4 is 15.4 Å². The van der Waals surface area contributed by atoms with Crippen molar-refractivity contribution in [3.8, 4) is 5.75 Å². The van der Waals surface area contributed by atoms with Crippen LogP contribution in [-0.2, 0) is 9.53 Å². The fraction of sp³-hybridized carbons (Fsp3) is 0.600. The fourth-order valence-electron chi connectivity index (χ4n) is 6.32. The van der Waals surface area contributed by atoms with E-state index in [9.17, 15) is 9.59 Å². The third-order valence-corrected chi connectivity index (χ3v) is 8.71. The molecule has 3 heterocycles. The van der Waals surface area contributed by atoms with Gasteiger partial charge in [0.05, 0.1) is 30.7 Å². The molecule has 3 aliphatic heterocycles. The van der Waals surface area contributed by atoms with Crippen LogP contribution in [0.2, 0.25) is 0 Å². The van der Waals surface area contributed by atoms with Crippen LogP contribution >= 0.6 is 0 Å². The molecular weight excluding hydrogens is 522 g/mol. The van der Waals surface area contributed by atoms with Crippen LogP contribution in [-0.4, -0.2) is 104 Å². The van der Waals surface area contributed by atoms with Gasteiger partial charge >= 0.3 is 0 Å². The summed E-state index contributed by atoms with van der Waals surface area (Å²) in [5.74, 6) is 1.43. The van der Waals surface area contributed by atoms with Gasteiger partial charge in [-0.15, -0.1) is 0 Å². The van der Waals surface area contributed by atoms with Crippen LogP contribution in [0.3, 0.4) is 0 Å². The molecule has 4 aliphatic rings. The van der Waals surface area contributed by atoms with Crippen LogP contribution in [0, 0.1) is 0 Å². The number of amides is 2. The molecule has 2 N–H and O–H groups in total. The molecule has 222 valence electrons. The van der Waals surface area contributed by atoms with Crippen molar-refractivity contribution >= 4 is 30.2 Å². The Morgan fingerprint density at radius 3 is 2.59 bits per heavy atom. The maximum atomic E-state index is 12.9. The van der Waals surface area contributed by atoms with Gasteiger partial charge in [-0.25, -0.2) is 4.99 Å². The van der Waals surface area contributed by atoms with Crippen molar-refractivity contribution in [3.05, 3.63) is 35.3 Å². The van der Waals surface area contributed by atoms with Gasteiger partial charge in [-0.2, -0.15) is 4.99 Å². The Morgan fingerprint density at radius 1 is 1.17 bits per heavy atom. The molecule has 0 radical (unpaired) electrons. The molecule has 3 fully saturated rings. The molecule has 2 atom stereocenters. The zero-order valence-electron chi connectivity index (χ0n) is 24.5. The van der Waals surface area contributed by atoms with Gasteiger partial charge in [0.1, 0.15) is 5.75 Å². The number of nitrogens with zero attached hydrogens (tertiary/aromatic N) is 5. The summed E-state index contributed by atoms with van der Waals surface area (Å²) in [4.78, 5) is 40.9. The van der Waals surface area contributed by atoms with Crippen LogP contribution in [0.4, 0.5) is 5.69 Å². The van der Waals surface area contributed by atoms with Crippen molar-refractivity contribution < 1.29 is 19.1 Å². The van der Waals surface area contributed by atoms with E-state index in [4.69, 9.17) is 14.5 Å². The number of guanidine groups is 1. The summed E-state index contributed by atoms with van der Waals surface area (Å²) in [6, 6.07) is 5.59. The largest absolute Gasteiger partial charge is 0.495 e. The van der Waals surface area contributed by atoms with E-state index in [1.54, 1.807) is 37.3 Å². The number of benzene rings is 1. The van der Waals surface area contributed by atoms with Crippen molar-refractivity contribution in [2.24, 2.45) is 9.98 Å². The van der Waals surface area contributed by atoms with Crippen LogP contribution in [0.15, 0.2) is 39.7 Å². The van der Waals surface area contributed by atoms with Gasteiger partial charge in [-0.05, 0) is 57.5 Å². The molecule has 0 aromatic heterocycles. The minimum absolute atomic E-state index is 0.0735. The van der Waals surface area contributed by atoms with E-state index in [0.29, 0.717) is 60.7 Å². The number of carbonyl (C=O) groups is 2. The van der Waals surface area contributed by atoms with E-state index in [2.05, 4.69) is 32.1 Å². The molecule has 0 spiro atoms. The third kappa shape index (κ3) is 6.73. The zero-order valence-corrected chi connectivity index (χ0v) is 24.5. The van der Waals surface area contributed by atoms with E-state index in [0.717, 1.165) is 56.8 Å². The summed E-state index contributed by atoms with van der Waals surface area (Å²) in [6.07, 6.45) is 7.90. The lowest BCUT2D eigenvalue weighted by Crippen LogP contribution is -2.45. The average Bonchev–Trinajstić information content (AvgIpc) is 3.62. The lowest BCUT2D eigenvalue weighted by atomic mass is 10.1. The number of methoxy groups -OCH3 is 1. The Hall–Kier alpha value is -3.44. The van der Waals surface area contributed by atoms with Gasteiger partial charge in [0.2, 0.25) is 11.9 Å². The van der Waals surface area contributed by atoms with Crippen molar-refractivity contribution in [2.75, 3.05) is 52.2 Å². The van der Waals surface area contributed by atoms with Crippen LogP contribution in [0.25, 0.3) is 0 Å². The monoisotopic (exact) mass is 565 g/mol. The molecule has 41 heavy (non-hydrogen) atoms. The number of anilines is 1. The summed E-state index contributed by atoms with van der Waals surface area (Å²) in [7, 11) is 3.35. The first kappa shape index (κ1) is 29.1. The minimum Gasteiger partial charge on any atom is -0.495 e. The summed E-state index contributed by atoms with van der Waals surface area (Å²) in [6.45, 7) is 9.51. The van der Waals surface area contributed by atoms with Crippen LogP contribution in [0.5, 0.6) is 5.75 Å². The van der Waals surface area contributed by atoms with Gasteiger partial charge in [0.25, 0.3) is 5.91 Å². The number of likely N-dealkylation sites (tertiary alicyclic amines) is 1. The first-order valence-electron chi connectivity index (χ1n) is 14.8. The smallest absolute Gasteiger partial charge is 0.251 e. The van der Waals surface area contributed by atoms with E-state index >= 15 is 0 Å². The maximum absolute atomic E-state index is 12.9. The van der Waals surface area contributed by atoms with Gasteiger partial charge < -0.3 is 29.9 Å². The number of allylic oxidation sites excluding steroid dienone is 1. The molecule has 11 heteroatoms. The van der Waals surface area contributed by atoms with Crippen molar-refractivity contribution in [2.45, 2.75) is 70.1 Å². The summed E-state index contributed by atoms with van der Waals surface area (Å²) < 4.78 is 11.5. The number of aliphatic imine (C=N–C) groups is 2. The molecule has 11 nitrogen and oxygen atoms in total. The van der Waals surface area contributed by atoms with Crippen molar-refractivity contribution in [1.82, 2.24) is 20.0 Å². The minimum atomic E-state index is -0.152. The second kappa shape index (κ2) is 13.0. The molecule has 2 amide bonds. The summed E-state index contributed by atoms with van der Waals surface area (Å²) >= 11 is 0. The Labute approximate surface area is 242 Å². The van der Waals surface area contributed by atoms with Gasteiger partial charge in [0.15, 0.2) is 5.82 Å². The fourth-order valence-corrected chi connectivity index (χ4v) is 6.32. The first-order chi connectivity index (χ1) is 19.9. The van der Waals surface area contributed by atoms with E-state index in [1.165, 1.54) is 12.8 Å². The highest BCUT2D eigenvalue weighted by molar-refractivity contribution is 6.00. The lowest BCUT2D eigenvalue weighted by Gasteiger charge is -2.31. The standard InChI is InChI=1S/C30H43N7O4/c1-20-28(37(22-7-5-6-8-22)15-13-27(38)35(20)3)34-30(31-2)33-25-12-9-21(17-26(25)40-4)29(39)32-14-16-36-18-23-10-11-24(19-36)41-23/h9,12,17,22-24H,2,5-8,10-11,13-16,18-19H2,1,3-4H3,(H,32,39)(H,33,34). The van der Waals surface area contributed by atoms with E-state index in [-0.39, 0.29) is 11.8 Å². The number of nitrogens with one attached hydrogen (secondary N) is 2. The number of fused-ring (bicyclic) bond motifs is 2. The number of carbonyl (C=O) groups excluding carboxylic acids is 2. The molecule has 1 saturated carbocycles. The van der Waals surface area contributed by atoms with Gasteiger partial charge in [-0.1, -0.05) is 12.8 Å². The maximum Gasteiger partial charge on any atom is 0.251 e. The van der Waals surface area contributed by atoms with Crippen LogP contribution in [0.1, 0.15) is 62.2 Å². The zero-order chi connectivity index (χ0) is 28.9. The highest BCUT2D eigenvalue weighted by atomic mass is 16.5. The highest BCUT2D eigenvalue weighted by Crippen LogP contribution is 2.32. The topological polar surface area (TPSA) is 111 Å². The Morgan fingerprint density at radius 2 is 1.90 bits per heavy atom. The van der Waals surface area contributed by atoms with E-state index in [1.807, 2.05) is 6.92 Å². The average molecular weight is 566 g/mol. The predicted molar refractivity (Wildman–Crippen MR) is 159 cm³/mol. The quantitative estimate of drug-likeness (QED) is 0.368. The predicted octanol–water partition coefficient (Wildman–Crippen LogP) is 3.05. The molecule has 5 rings (SSSR count). The number of hydrogen-bond acceptors (Lipinski definition) is 7. The molecule has 1 aromatic carbocycles. The Balaban J connectivity index is 1.27. The first-order valence-corrected chi connectivity index (χ1v) is 14.8. The molecule has 2 unspecified atom stereocenters. The number of morpholine rings is 1. The van der Waals surface area contributed by atoms with Gasteiger partial charge in [-0.3, -0.25) is 14.5 Å². The highest BCUT2D eigenvalue weighted by Gasteiger charge is 2.33. The second-order valence-corrected chi connectivity index (χ2v) is 11.3. The molecule has 2 bridgehead atoms. The summed E-state index contributed by atoms with van der Waals surface area (Å²) in [5.41, 5.74) is 1.91. The second-order valence-electron chi connectivity index (χ2n) is 11.3. The van der Waals surface area contributed by atoms with Crippen molar-refractivity contribution in [3.63, 3.8) is 0 Å². The van der Waals surface area contributed by atoms with Crippen molar-refractivity contribution in [1.29, 1.82) is 0 Å².